The average molecular weight is 387 g/mol. The Bertz CT molecular complexity index is 1160. The maximum Gasteiger partial charge on any atom is 0.251 e. The average Bonchev–Trinajstić information content (AvgIpc) is 3.18. The maximum atomic E-state index is 12.9. The molecule has 6 heteroatoms. The molecule has 2 aromatic carbocycles. The maximum absolute atomic E-state index is 12.9. The molecule has 4 aromatic rings. The van der Waals surface area contributed by atoms with Gasteiger partial charge in [-0.15, -0.1) is 11.3 Å². The molecule has 28 heavy (non-hydrogen) atoms. The highest BCUT2D eigenvalue weighted by Crippen LogP contribution is 2.33. The molecular weight excluding hydrogens is 370 g/mol. The number of aromatic nitrogens is 2. The van der Waals surface area contributed by atoms with Gasteiger partial charge in [0, 0.05) is 35.5 Å². The molecule has 1 aliphatic rings. The Kier molecular flexibility index (Phi) is 4.25. The van der Waals surface area contributed by atoms with Gasteiger partial charge in [0.2, 0.25) is 0 Å². The second-order valence-corrected chi connectivity index (χ2v) is 7.67. The van der Waals surface area contributed by atoms with Crippen molar-refractivity contribution in [2.24, 2.45) is 0 Å². The molecular formula is C22H17N3O2S. The summed E-state index contributed by atoms with van der Waals surface area (Å²) in [4.78, 5) is 21.6. The van der Waals surface area contributed by atoms with Crippen LogP contribution in [0.2, 0.25) is 0 Å². The van der Waals surface area contributed by atoms with Gasteiger partial charge in [-0.25, -0.2) is 4.98 Å². The zero-order valence-corrected chi connectivity index (χ0v) is 15.8. The van der Waals surface area contributed by atoms with Crippen LogP contribution >= 0.6 is 11.3 Å². The lowest BCUT2D eigenvalue weighted by Gasteiger charge is -2.26. The van der Waals surface area contributed by atoms with Gasteiger partial charge in [-0.2, -0.15) is 0 Å². The van der Waals surface area contributed by atoms with Crippen molar-refractivity contribution in [1.82, 2.24) is 15.3 Å². The number of rotatable bonds is 3. The number of para-hydroxylation sites is 1. The van der Waals surface area contributed by atoms with Crippen LogP contribution in [0.15, 0.2) is 67.0 Å². The lowest BCUT2D eigenvalue weighted by Crippen LogP contribution is -2.32. The largest absolute Gasteiger partial charge is 0.493 e. The van der Waals surface area contributed by atoms with Gasteiger partial charge in [0.15, 0.2) is 0 Å². The van der Waals surface area contributed by atoms with Gasteiger partial charge in [-0.1, -0.05) is 18.2 Å². The molecule has 1 unspecified atom stereocenters. The van der Waals surface area contributed by atoms with E-state index in [1.165, 1.54) is 0 Å². The third-order valence-corrected chi connectivity index (χ3v) is 5.91. The SMILES string of the molecule is O=C(NC1CCOc2ccccc21)c1ccc2nc(-c3ccncc3)sc2c1. The number of hydrogen-bond donors (Lipinski definition) is 1. The quantitative estimate of drug-likeness (QED) is 0.557. The monoisotopic (exact) mass is 387 g/mol. The number of thiazole rings is 1. The van der Waals surface area contributed by atoms with Crippen LogP contribution in [-0.4, -0.2) is 22.5 Å². The number of hydrogen-bond acceptors (Lipinski definition) is 5. The second kappa shape index (κ2) is 7.05. The van der Waals surface area contributed by atoms with Crippen LogP contribution in [0.3, 0.4) is 0 Å². The molecule has 1 aliphatic heterocycles. The standard InChI is InChI=1S/C22H17N3O2S/c26-21(24-17-9-12-27-19-4-2-1-3-16(17)19)15-5-6-18-20(13-15)28-22(25-18)14-7-10-23-11-8-14/h1-8,10-11,13,17H,9,12H2,(H,24,26). The molecule has 0 bridgehead atoms. The van der Waals surface area contributed by atoms with Crippen LogP contribution in [0.25, 0.3) is 20.8 Å². The van der Waals surface area contributed by atoms with E-state index in [2.05, 4.69) is 15.3 Å². The van der Waals surface area contributed by atoms with Crippen molar-refractivity contribution in [3.8, 4) is 16.3 Å². The van der Waals surface area contributed by atoms with Gasteiger partial charge in [0.1, 0.15) is 10.8 Å². The highest BCUT2D eigenvalue weighted by Gasteiger charge is 2.23. The van der Waals surface area contributed by atoms with Crippen LogP contribution in [0.1, 0.15) is 28.4 Å². The number of nitrogens with one attached hydrogen (secondary N) is 1. The fourth-order valence-electron chi connectivity index (χ4n) is 3.42. The first-order valence-electron chi connectivity index (χ1n) is 9.11. The number of carbonyl (C=O) groups is 1. The van der Waals surface area contributed by atoms with Gasteiger partial charge >= 0.3 is 0 Å². The summed E-state index contributed by atoms with van der Waals surface area (Å²) < 4.78 is 6.67. The topological polar surface area (TPSA) is 64.1 Å². The zero-order chi connectivity index (χ0) is 18.9. The Morgan fingerprint density at radius 1 is 1.11 bits per heavy atom. The highest BCUT2D eigenvalue weighted by molar-refractivity contribution is 7.21. The van der Waals surface area contributed by atoms with Gasteiger partial charge in [-0.05, 0) is 36.4 Å². The summed E-state index contributed by atoms with van der Waals surface area (Å²) in [6.45, 7) is 0.602. The lowest BCUT2D eigenvalue weighted by atomic mass is 10.00. The molecule has 138 valence electrons. The molecule has 0 spiro atoms. The minimum absolute atomic E-state index is 0.0398. The Balaban J connectivity index is 1.41. The predicted octanol–water partition coefficient (Wildman–Crippen LogP) is 4.61. The smallest absolute Gasteiger partial charge is 0.251 e. The van der Waals surface area contributed by atoms with E-state index in [1.807, 2.05) is 54.6 Å². The summed E-state index contributed by atoms with van der Waals surface area (Å²) in [5.74, 6) is 0.765. The lowest BCUT2D eigenvalue weighted by molar-refractivity contribution is 0.0925. The summed E-state index contributed by atoms with van der Waals surface area (Å²) in [5, 5.41) is 4.08. The molecule has 1 N–H and O–H groups in total. The van der Waals surface area contributed by atoms with E-state index in [1.54, 1.807) is 23.7 Å². The zero-order valence-electron chi connectivity index (χ0n) is 15.0. The van der Waals surface area contributed by atoms with Crippen molar-refractivity contribution in [3.05, 3.63) is 78.1 Å². The number of carbonyl (C=O) groups excluding carboxylic acids is 1. The molecule has 2 aromatic heterocycles. The number of nitrogens with zero attached hydrogens (tertiary/aromatic N) is 2. The van der Waals surface area contributed by atoms with E-state index in [0.29, 0.717) is 12.2 Å². The van der Waals surface area contributed by atoms with Crippen LogP contribution in [0.4, 0.5) is 0 Å². The Morgan fingerprint density at radius 2 is 1.96 bits per heavy atom. The van der Waals surface area contributed by atoms with Gasteiger partial charge in [-0.3, -0.25) is 9.78 Å². The number of ether oxygens (including phenoxy) is 1. The Labute approximate surface area is 166 Å². The first-order chi connectivity index (χ1) is 13.8. The highest BCUT2D eigenvalue weighted by atomic mass is 32.1. The summed E-state index contributed by atoms with van der Waals surface area (Å²) in [6.07, 6.45) is 4.27. The minimum atomic E-state index is -0.0811. The van der Waals surface area contributed by atoms with Crippen LogP contribution < -0.4 is 10.1 Å². The van der Waals surface area contributed by atoms with Crippen molar-refractivity contribution in [2.45, 2.75) is 12.5 Å². The molecule has 0 saturated carbocycles. The summed E-state index contributed by atoms with van der Waals surface area (Å²) in [6, 6.07) is 17.4. The van der Waals surface area contributed by atoms with E-state index in [0.717, 1.165) is 38.5 Å². The third-order valence-electron chi connectivity index (χ3n) is 4.84. The number of benzene rings is 2. The minimum Gasteiger partial charge on any atom is -0.493 e. The first-order valence-corrected chi connectivity index (χ1v) is 9.93. The van der Waals surface area contributed by atoms with Crippen molar-refractivity contribution in [1.29, 1.82) is 0 Å². The van der Waals surface area contributed by atoms with Gasteiger partial charge in [0.25, 0.3) is 5.91 Å². The van der Waals surface area contributed by atoms with Crippen LogP contribution in [0.5, 0.6) is 5.75 Å². The first kappa shape index (κ1) is 16.9. The molecule has 1 amide bonds. The van der Waals surface area contributed by atoms with Crippen molar-refractivity contribution < 1.29 is 9.53 Å². The predicted molar refractivity (Wildman–Crippen MR) is 110 cm³/mol. The number of fused-ring (bicyclic) bond motifs is 2. The summed E-state index contributed by atoms with van der Waals surface area (Å²) >= 11 is 1.58. The summed E-state index contributed by atoms with van der Waals surface area (Å²) in [7, 11) is 0. The summed E-state index contributed by atoms with van der Waals surface area (Å²) in [5.41, 5.74) is 3.59. The number of amides is 1. The van der Waals surface area contributed by atoms with E-state index in [9.17, 15) is 4.79 Å². The van der Waals surface area contributed by atoms with Crippen LogP contribution in [-0.2, 0) is 0 Å². The molecule has 5 rings (SSSR count). The third kappa shape index (κ3) is 3.12. The van der Waals surface area contributed by atoms with Crippen LogP contribution in [0, 0.1) is 0 Å². The second-order valence-electron chi connectivity index (χ2n) is 6.64. The number of pyridine rings is 1. The van der Waals surface area contributed by atoms with Gasteiger partial charge in [0.05, 0.1) is 22.9 Å². The van der Waals surface area contributed by atoms with E-state index in [-0.39, 0.29) is 11.9 Å². The molecule has 0 saturated heterocycles. The molecule has 0 aliphatic carbocycles. The molecule has 3 heterocycles. The molecule has 1 atom stereocenters. The van der Waals surface area contributed by atoms with Crippen molar-refractivity contribution in [2.75, 3.05) is 6.61 Å². The van der Waals surface area contributed by atoms with Crippen molar-refractivity contribution in [3.63, 3.8) is 0 Å². The van der Waals surface area contributed by atoms with E-state index in [4.69, 9.17) is 4.74 Å². The van der Waals surface area contributed by atoms with E-state index < -0.39 is 0 Å². The van der Waals surface area contributed by atoms with E-state index >= 15 is 0 Å². The fraction of sp³-hybridized carbons (Fsp3) is 0.136. The normalized spacial score (nSPS) is 15.6. The Hall–Kier alpha value is -3.25. The van der Waals surface area contributed by atoms with Gasteiger partial charge < -0.3 is 10.1 Å². The van der Waals surface area contributed by atoms with Crippen molar-refractivity contribution >= 4 is 27.5 Å². The molecule has 0 fully saturated rings. The molecule has 5 nitrogen and oxygen atoms in total. The Morgan fingerprint density at radius 3 is 2.86 bits per heavy atom. The fourth-order valence-corrected chi connectivity index (χ4v) is 4.43. The molecule has 0 radical (unpaired) electrons.